The number of para-hydroxylation sites is 1. The molecule has 0 radical (unpaired) electrons. The maximum Gasteiger partial charge on any atom is 0.297 e. The lowest BCUT2D eigenvalue weighted by Crippen LogP contribution is -2.39. The highest BCUT2D eigenvalue weighted by atomic mass is 16.5. The van der Waals surface area contributed by atoms with Crippen molar-refractivity contribution in [1.29, 1.82) is 0 Å². The lowest BCUT2D eigenvalue weighted by molar-refractivity contribution is -0.132. The Bertz CT molecular complexity index is 1370. The number of rotatable bonds is 4. The molecule has 1 amide bonds. The Morgan fingerprint density at radius 3 is 2.65 bits per heavy atom. The highest BCUT2D eigenvalue weighted by Gasteiger charge is 2.24. The van der Waals surface area contributed by atoms with E-state index in [1.165, 1.54) is 10.9 Å². The van der Waals surface area contributed by atoms with Crippen LogP contribution in [0.15, 0.2) is 51.9 Å². The van der Waals surface area contributed by atoms with Crippen LogP contribution < -0.4 is 15.0 Å². The first-order valence-electron chi connectivity index (χ1n) is 9.97. The maximum absolute atomic E-state index is 13.0. The van der Waals surface area contributed by atoms with Crippen molar-refractivity contribution in [3.8, 4) is 11.5 Å². The van der Waals surface area contributed by atoms with Crippen LogP contribution in [0.2, 0.25) is 0 Å². The van der Waals surface area contributed by atoms with Gasteiger partial charge >= 0.3 is 0 Å². The van der Waals surface area contributed by atoms with Crippen LogP contribution in [0.1, 0.15) is 11.1 Å². The largest absolute Gasteiger partial charge is 0.493 e. The molecule has 0 N–H and O–H groups in total. The molecule has 4 aromatic rings. The standard InChI is InChI=1S/C23H21N3O5/c1-29-18-9-14-7-8-25(11-15(14)10-19(18)30-2)20(27)12-26-13-24-21-16-5-3-4-6-17(16)31-22(21)23(26)28/h3-6,9-10,13H,7-8,11-12H2,1-2H3. The zero-order chi connectivity index (χ0) is 21.5. The topological polar surface area (TPSA) is 86.8 Å². The number of amides is 1. The van der Waals surface area contributed by atoms with Crippen LogP contribution in [0.3, 0.4) is 0 Å². The molecule has 0 saturated heterocycles. The third kappa shape index (κ3) is 3.20. The molecule has 0 spiro atoms. The summed E-state index contributed by atoms with van der Waals surface area (Å²) in [6.45, 7) is 0.918. The quantitative estimate of drug-likeness (QED) is 0.506. The number of nitrogens with zero attached hydrogens (tertiary/aromatic N) is 3. The summed E-state index contributed by atoms with van der Waals surface area (Å²) in [4.78, 5) is 32.0. The summed E-state index contributed by atoms with van der Waals surface area (Å²) in [7, 11) is 3.19. The van der Waals surface area contributed by atoms with Crippen LogP contribution in [-0.2, 0) is 24.3 Å². The molecule has 0 fully saturated rings. The molecule has 0 bridgehead atoms. The zero-order valence-electron chi connectivity index (χ0n) is 17.3. The van der Waals surface area contributed by atoms with Crippen molar-refractivity contribution in [1.82, 2.24) is 14.5 Å². The molecule has 3 heterocycles. The van der Waals surface area contributed by atoms with E-state index in [9.17, 15) is 9.59 Å². The van der Waals surface area contributed by atoms with E-state index in [4.69, 9.17) is 13.9 Å². The van der Waals surface area contributed by atoms with Gasteiger partial charge in [-0.25, -0.2) is 4.98 Å². The summed E-state index contributed by atoms with van der Waals surface area (Å²) < 4.78 is 17.7. The SMILES string of the molecule is COc1cc2c(cc1OC)CN(C(=O)Cn1cnc3c(oc4ccccc43)c1=O)CC2. The van der Waals surface area contributed by atoms with Crippen molar-refractivity contribution in [2.75, 3.05) is 20.8 Å². The fourth-order valence-electron chi connectivity index (χ4n) is 4.07. The molecular formula is C23H21N3O5. The van der Waals surface area contributed by atoms with Crippen LogP contribution in [0.4, 0.5) is 0 Å². The molecule has 1 aliphatic rings. The van der Waals surface area contributed by atoms with Gasteiger partial charge in [0.05, 0.1) is 20.5 Å². The minimum absolute atomic E-state index is 0.0958. The van der Waals surface area contributed by atoms with Crippen LogP contribution in [0.5, 0.6) is 11.5 Å². The minimum Gasteiger partial charge on any atom is -0.493 e. The second-order valence-corrected chi connectivity index (χ2v) is 7.49. The third-order valence-electron chi connectivity index (χ3n) is 5.73. The van der Waals surface area contributed by atoms with Gasteiger partial charge in [0.25, 0.3) is 5.56 Å². The van der Waals surface area contributed by atoms with Gasteiger partial charge in [0.15, 0.2) is 11.5 Å². The van der Waals surface area contributed by atoms with Crippen LogP contribution in [0, 0.1) is 0 Å². The lowest BCUT2D eigenvalue weighted by Gasteiger charge is -2.29. The number of ether oxygens (including phenoxy) is 2. The summed E-state index contributed by atoms with van der Waals surface area (Å²) in [6, 6.07) is 11.2. The van der Waals surface area contributed by atoms with Gasteiger partial charge in [-0.2, -0.15) is 0 Å². The molecule has 0 unspecified atom stereocenters. The minimum atomic E-state index is -0.363. The summed E-state index contributed by atoms with van der Waals surface area (Å²) in [5, 5.41) is 0.782. The second kappa shape index (κ2) is 7.46. The normalized spacial score (nSPS) is 13.4. The number of furan rings is 1. The molecule has 158 valence electrons. The van der Waals surface area contributed by atoms with E-state index >= 15 is 0 Å². The Hall–Kier alpha value is -3.81. The van der Waals surface area contributed by atoms with E-state index in [0.29, 0.717) is 42.1 Å². The molecule has 0 atom stereocenters. The molecular weight excluding hydrogens is 398 g/mol. The van der Waals surface area contributed by atoms with Gasteiger partial charge in [-0.15, -0.1) is 0 Å². The molecule has 0 saturated carbocycles. The predicted molar refractivity (Wildman–Crippen MR) is 114 cm³/mol. The number of carbonyl (C=O) groups excluding carboxylic acids is 1. The zero-order valence-corrected chi connectivity index (χ0v) is 17.3. The van der Waals surface area contributed by atoms with Crippen molar-refractivity contribution >= 4 is 28.0 Å². The smallest absolute Gasteiger partial charge is 0.297 e. The number of hydrogen-bond donors (Lipinski definition) is 0. The summed E-state index contributed by atoms with van der Waals surface area (Å²) in [5.41, 5.74) is 3.05. The second-order valence-electron chi connectivity index (χ2n) is 7.49. The molecule has 2 aromatic heterocycles. The van der Waals surface area contributed by atoms with Crippen molar-refractivity contribution < 1.29 is 18.7 Å². The fourth-order valence-corrected chi connectivity index (χ4v) is 4.07. The van der Waals surface area contributed by atoms with E-state index in [1.807, 2.05) is 30.3 Å². The van der Waals surface area contributed by atoms with Gasteiger partial charge in [0.2, 0.25) is 11.5 Å². The molecule has 1 aliphatic heterocycles. The van der Waals surface area contributed by atoms with E-state index < -0.39 is 0 Å². The third-order valence-corrected chi connectivity index (χ3v) is 5.73. The molecule has 8 nitrogen and oxygen atoms in total. The van der Waals surface area contributed by atoms with E-state index in [2.05, 4.69) is 4.98 Å². The van der Waals surface area contributed by atoms with E-state index in [1.54, 1.807) is 25.2 Å². The lowest BCUT2D eigenvalue weighted by atomic mass is 9.98. The van der Waals surface area contributed by atoms with Crippen LogP contribution in [0.25, 0.3) is 22.1 Å². The van der Waals surface area contributed by atoms with Gasteiger partial charge in [-0.1, -0.05) is 12.1 Å². The molecule has 5 rings (SSSR count). The van der Waals surface area contributed by atoms with E-state index in [-0.39, 0.29) is 23.6 Å². The van der Waals surface area contributed by atoms with Gasteiger partial charge in [-0.05, 0) is 41.8 Å². The van der Waals surface area contributed by atoms with Crippen molar-refractivity contribution in [3.05, 3.63) is 64.2 Å². The first-order valence-corrected chi connectivity index (χ1v) is 9.97. The number of hydrogen-bond acceptors (Lipinski definition) is 6. The number of fused-ring (bicyclic) bond motifs is 4. The Balaban J connectivity index is 1.41. The Kier molecular flexibility index (Phi) is 4.62. The van der Waals surface area contributed by atoms with Crippen molar-refractivity contribution in [2.45, 2.75) is 19.5 Å². The summed E-state index contributed by atoms with van der Waals surface area (Å²) in [5.74, 6) is 1.16. The van der Waals surface area contributed by atoms with Crippen LogP contribution >= 0.6 is 0 Å². The average Bonchev–Trinajstić information content (AvgIpc) is 3.19. The predicted octanol–water partition coefficient (Wildman–Crippen LogP) is 2.74. The van der Waals surface area contributed by atoms with Crippen LogP contribution in [-0.4, -0.2) is 41.1 Å². The first kappa shape index (κ1) is 19.2. The van der Waals surface area contributed by atoms with Gasteiger partial charge < -0.3 is 18.8 Å². The maximum atomic E-state index is 13.0. The summed E-state index contributed by atoms with van der Waals surface area (Å²) >= 11 is 0. The van der Waals surface area contributed by atoms with Crippen molar-refractivity contribution in [2.24, 2.45) is 0 Å². The fraction of sp³-hybridized carbons (Fsp3) is 0.261. The number of benzene rings is 2. The van der Waals surface area contributed by atoms with Gasteiger partial charge in [-0.3, -0.25) is 14.2 Å². The summed E-state index contributed by atoms with van der Waals surface area (Å²) in [6.07, 6.45) is 2.12. The number of methoxy groups -OCH3 is 2. The van der Waals surface area contributed by atoms with E-state index in [0.717, 1.165) is 16.5 Å². The molecule has 31 heavy (non-hydrogen) atoms. The molecule has 2 aromatic carbocycles. The highest BCUT2D eigenvalue weighted by molar-refractivity contribution is 6.01. The molecule has 0 aliphatic carbocycles. The number of aromatic nitrogens is 2. The number of carbonyl (C=O) groups is 1. The molecule has 8 heteroatoms. The Morgan fingerprint density at radius 1 is 1.13 bits per heavy atom. The Morgan fingerprint density at radius 2 is 1.87 bits per heavy atom. The highest BCUT2D eigenvalue weighted by Crippen LogP contribution is 2.33. The van der Waals surface area contributed by atoms with Gasteiger partial charge in [0.1, 0.15) is 17.6 Å². The monoisotopic (exact) mass is 419 g/mol. The Labute approximate surface area is 177 Å². The average molecular weight is 419 g/mol. The first-order chi connectivity index (χ1) is 15.1. The van der Waals surface area contributed by atoms with Gasteiger partial charge in [0, 0.05) is 18.5 Å². The van der Waals surface area contributed by atoms with Crippen molar-refractivity contribution in [3.63, 3.8) is 0 Å².